The average Bonchev–Trinajstić information content (AvgIpc) is 3.21. The molecule has 8 heteroatoms. The maximum absolute atomic E-state index is 13.4. The molecule has 186 valence electrons. The van der Waals surface area contributed by atoms with E-state index in [1.54, 1.807) is 20.3 Å². The highest BCUT2D eigenvalue weighted by Crippen LogP contribution is 2.44. The molecule has 0 N–H and O–H groups in total. The van der Waals surface area contributed by atoms with Crippen LogP contribution in [-0.2, 0) is 11.3 Å². The van der Waals surface area contributed by atoms with Crippen LogP contribution in [0.5, 0.6) is 23.0 Å². The fraction of sp³-hybridized carbons (Fsp3) is 0.444. The van der Waals surface area contributed by atoms with Gasteiger partial charge in [-0.25, -0.2) is 0 Å². The lowest BCUT2D eigenvalue weighted by Gasteiger charge is -2.31. The summed E-state index contributed by atoms with van der Waals surface area (Å²) in [5.41, 5.74) is 3.11. The first-order chi connectivity index (χ1) is 17.1. The number of methoxy groups -OCH3 is 2. The SMILES string of the molecule is COc1cccc(/C=C2\Oc3c4c(cc(C)c3C2=O)OCN(CCCN2CCOCC2)C4)c1OC. The van der Waals surface area contributed by atoms with Crippen LogP contribution in [0.3, 0.4) is 0 Å². The fourth-order valence-corrected chi connectivity index (χ4v) is 4.93. The maximum Gasteiger partial charge on any atom is 0.232 e. The van der Waals surface area contributed by atoms with Gasteiger partial charge >= 0.3 is 0 Å². The minimum absolute atomic E-state index is 0.130. The number of ether oxygens (including phenoxy) is 5. The number of nitrogens with zero attached hydrogens (tertiary/aromatic N) is 2. The Labute approximate surface area is 206 Å². The molecule has 35 heavy (non-hydrogen) atoms. The normalized spacial score (nSPS) is 19.2. The molecule has 2 aromatic carbocycles. The molecule has 8 nitrogen and oxygen atoms in total. The minimum atomic E-state index is -0.130. The average molecular weight is 481 g/mol. The first-order valence-corrected chi connectivity index (χ1v) is 12.1. The molecule has 0 atom stereocenters. The van der Waals surface area contributed by atoms with Crippen molar-refractivity contribution in [2.45, 2.75) is 19.9 Å². The number of aryl methyl sites for hydroxylation is 1. The van der Waals surface area contributed by atoms with Crippen LogP contribution >= 0.6 is 0 Å². The Balaban J connectivity index is 1.35. The van der Waals surface area contributed by atoms with Gasteiger partial charge in [0, 0.05) is 31.7 Å². The quantitative estimate of drug-likeness (QED) is 0.558. The molecule has 1 saturated heterocycles. The number of benzene rings is 2. The predicted octanol–water partition coefficient (Wildman–Crippen LogP) is 3.50. The van der Waals surface area contributed by atoms with E-state index in [2.05, 4.69) is 9.80 Å². The third-order valence-electron chi connectivity index (χ3n) is 6.76. The van der Waals surface area contributed by atoms with Gasteiger partial charge in [0.1, 0.15) is 18.2 Å². The molecule has 5 rings (SSSR count). The van der Waals surface area contributed by atoms with Crippen LogP contribution in [0, 0.1) is 6.92 Å². The van der Waals surface area contributed by atoms with Crippen LogP contribution < -0.4 is 18.9 Å². The minimum Gasteiger partial charge on any atom is -0.493 e. The standard InChI is InChI=1S/C27H32N2O6/c1-18-14-22-20(16-29(17-34-22)9-5-8-28-10-12-33-13-11-28)27-24(18)25(30)23(35-27)15-19-6-4-7-21(31-2)26(19)32-3/h4,6-7,14-15H,5,8-13,16-17H2,1-3H3/b23-15-. The fourth-order valence-electron chi connectivity index (χ4n) is 4.93. The van der Waals surface area contributed by atoms with Crippen LogP contribution in [0.15, 0.2) is 30.0 Å². The smallest absolute Gasteiger partial charge is 0.232 e. The molecule has 0 radical (unpaired) electrons. The van der Waals surface area contributed by atoms with Crippen molar-refractivity contribution in [3.05, 3.63) is 52.3 Å². The summed E-state index contributed by atoms with van der Waals surface area (Å²) in [6.45, 7) is 8.72. The van der Waals surface area contributed by atoms with Crippen LogP contribution in [0.1, 0.15) is 33.5 Å². The zero-order valence-electron chi connectivity index (χ0n) is 20.6. The number of fused-ring (bicyclic) bond motifs is 3. The molecule has 0 bridgehead atoms. The van der Waals surface area contributed by atoms with E-state index in [-0.39, 0.29) is 11.5 Å². The first-order valence-electron chi connectivity index (χ1n) is 12.1. The van der Waals surface area contributed by atoms with Crippen molar-refractivity contribution in [3.8, 4) is 23.0 Å². The molecule has 0 aromatic heterocycles. The Kier molecular flexibility index (Phi) is 6.95. The Bertz CT molecular complexity index is 1140. The number of hydrogen-bond acceptors (Lipinski definition) is 8. The molecule has 0 unspecified atom stereocenters. The van der Waals surface area contributed by atoms with Gasteiger partial charge in [-0.3, -0.25) is 14.6 Å². The molecule has 1 fully saturated rings. The van der Waals surface area contributed by atoms with Crippen LogP contribution in [-0.4, -0.2) is 75.9 Å². The molecule has 0 saturated carbocycles. The second-order valence-electron chi connectivity index (χ2n) is 9.03. The Hall–Kier alpha value is -3.07. The van der Waals surface area contributed by atoms with Gasteiger partial charge in [0.2, 0.25) is 5.78 Å². The van der Waals surface area contributed by atoms with Gasteiger partial charge in [0.25, 0.3) is 0 Å². The summed E-state index contributed by atoms with van der Waals surface area (Å²) in [5, 5.41) is 0. The largest absolute Gasteiger partial charge is 0.493 e. The monoisotopic (exact) mass is 480 g/mol. The third-order valence-corrected chi connectivity index (χ3v) is 6.76. The summed E-state index contributed by atoms with van der Waals surface area (Å²) in [6, 6.07) is 7.50. The van der Waals surface area contributed by atoms with E-state index in [1.807, 2.05) is 31.2 Å². The second-order valence-corrected chi connectivity index (χ2v) is 9.03. The predicted molar refractivity (Wildman–Crippen MR) is 131 cm³/mol. The lowest BCUT2D eigenvalue weighted by molar-refractivity contribution is 0.0329. The topological polar surface area (TPSA) is 69.7 Å². The highest BCUT2D eigenvalue weighted by molar-refractivity contribution is 6.16. The lowest BCUT2D eigenvalue weighted by Crippen LogP contribution is -2.39. The molecule has 3 heterocycles. The second kappa shape index (κ2) is 10.3. The summed E-state index contributed by atoms with van der Waals surface area (Å²) in [4.78, 5) is 18.1. The molecule has 3 aliphatic rings. The highest BCUT2D eigenvalue weighted by Gasteiger charge is 2.35. The Morgan fingerprint density at radius 2 is 1.89 bits per heavy atom. The van der Waals surface area contributed by atoms with E-state index in [4.69, 9.17) is 23.7 Å². The zero-order chi connectivity index (χ0) is 24.4. The number of Topliss-reactive ketones (excluding diaryl/α,β-unsaturated/α-hetero) is 1. The van der Waals surface area contributed by atoms with Crippen molar-refractivity contribution in [2.75, 3.05) is 60.3 Å². The molecule has 3 aliphatic heterocycles. The summed E-state index contributed by atoms with van der Waals surface area (Å²) in [6.07, 6.45) is 2.77. The summed E-state index contributed by atoms with van der Waals surface area (Å²) < 4.78 is 28.7. The van der Waals surface area contributed by atoms with Crippen LogP contribution in [0.4, 0.5) is 0 Å². The van der Waals surface area contributed by atoms with Crippen molar-refractivity contribution in [2.24, 2.45) is 0 Å². The van der Waals surface area contributed by atoms with Crippen LogP contribution in [0.2, 0.25) is 0 Å². The lowest BCUT2D eigenvalue weighted by atomic mass is 9.98. The van der Waals surface area contributed by atoms with E-state index in [9.17, 15) is 4.79 Å². The maximum atomic E-state index is 13.4. The number of para-hydroxylation sites is 1. The summed E-state index contributed by atoms with van der Waals surface area (Å²) in [7, 11) is 3.17. The van der Waals surface area contributed by atoms with Gasteiger partial charge in [0.05, 0.1) is 38.6 Å². The van der Waals surface area contributed by atoms with Gasteiger partial charge in [-0.15, -0.1) is 0 Å². The number of ketones is 1. The number of morpholine rings is 1. The number of carbonyl (C=O) groups excluding carboxylic acids is 1. The van der Waals surface area contributed by atoms with E-state index in [1.165, 1.54) is 0 Å². The van der Waals surface area contributed by atoms with Gasteiger partial charge < -0.3 is 23.7 Å². The number of allylic oxidation sites excluding steroid dienone is 1. The van der Waals surface area contributed by atoms with E-state index in [0.29, 0.717) is 36.1 Å². The molecule has 0 spiro atoms. The van der Waals surface area contributed by atoms with Gasteiger partial charge in [0.15, 0.2) is 17.3 Å². The van der Waals surface area contributed by atoms with Crippen LogP contribution in [0.25, 0.3) is 6.08 Å². The van der Waals surface area contributed by atoms with Gasteiger partial charge in [-0.05, 0) is 43.7 Å². The molecular formula is C27H32N2O6. The van der Waals surface area contributed by atoms with E-state index < -0.39 is 0 Å². The van der Waals surface area contributed by atoms with Gasteiger partial charge in [-0.1, -0.05) is 12.1 Å². The molecule has 0 aliphatic carbocycles. The zero-order valence-corrected chi connectivity index (χ0v) is 20.6. The van der Waals surface area contributed by atoms with Crippen molar-refractivity contribution < 1.29 is 28.5 Å². The first kappa shape index (κ1) is 23.7. The van der Waals surface area contributed by atoms with Crippen molar-refractivity contribution in [3.63, 3.8) is 0 Å². The summed E-state index contributed by atoms with van der Waals surface area (Å²) >= 11 is 0. The Morgan fingerprint density at radius 3 is 2.66 bits per heavy atom. The third kappa shape index (κ3) is 4.74. The number of carbonyl (C=O) groups is 1. The van der Waals surface area contributed by atoms with Crippen molar-refractivity contribution in [1.29, 1.82) is 0 Å². The molecule has 2 aromatic rings. The Morgan fingerprint density at radius 1 is 1.09 bits per heavy atom. The van der Waals surface area contributed by atoms with Crippen molar-refractivity contribution in [1.82, 2.24) is 9.80 Å². The van der Waals surface area contributed by atoms with E-state index >= 15 is 0 Å². The van der Waals surface area contributed by atoms with E-state index in [0.717, 1.165) is 68.3 Å². The molecular weight excluding hydrogens is 448 g/mol. The molecule has 0 amide bonds. The highest BCUT2D eigenvalue weighted by atomic mass is 16.5. The van der Waals surface area contributed by atoms with Crippen molar-refractivity contribution >= 4 is 11.9 Å². The number of rotatable bonds is 7. The van der Waals surface area contributed by atoms with Gasteiger partial charge in [-0.2, -0.15) is 0 Å². The number of hydrogen-bond donors (Lipinski definition) is 0. The summed E-state index contributed by atoms with van der Waals surface area (Å²) in [5.74, 6) is 2.69.